The molecule has 0 unspecified atom stereocenters. The van der Waals surface area contributed by atoms with Crippen molar-refractivity contribution in [3.8, 4) is 0 Å². The Kier molecular flexibility index (Phi) is 4.29. The van der Waals surface area contributed by atoms with Crippen molar-refractivity contribution in [2.45, 2.75) is 58.5 Å². The topological polar surface area (TPSA) is 25.2 Å². The first kappa shape index (κ1) is 15.8. The monoisotopic (exact) mass is 285 g/mol. The fraction of sp³-hybridized carbons (Fsp3) is 0.474. The van der Waals surface area contributed by atoms with Crippen LogP contribution in [0.1, 0.15) is 64.5 Å². The number of hydrogen-bond acceptors (Lipinski definition) is 2. The van der Waals surface area contributed by atoms with Crippen LogP contribution in [0, 0.1) is 0 Å². The van der Waals surface area contributed by atoms with E-state index in [0.717, 1.165) is 5.76 Å². The van der Waals surface area contributed by atoms with E-state index in [1.165, 1.54) is 11.1 Å². The molecule has 0 spiro atoms. The number of rotatable bonds is 3. The van der Waals surface area contributed by atoms with Crippen LogP contribution in [0.2, 0.25) is 0 Å². The summed E-state index contributed by atoms with van der Waals surface area (Å²) >= 11 is 0. The van der Waals surface area contributed by atoms with E-state index in [1.54, 1.807) is 6.26 Å². The molecule has 114 valence electrons. The smallest absolute Gasteiger partial charge is 0.125 e. The first-order valence-electron chi connectivity index (χ1n) is 7.58. The van der Waals surface area contributed by atoms with E-state index in [1.807, 2.05) is 12.1 Å². The Bertz CT molecular complexity index is 553. The number of nitrogens with one attached hydrogen (secondary N) is 1. The van der Waals surface area contributed by atoms with Crippen molar-refractivity contribution >= 4 is 0 Å². The second kappa shape index (κ2) is 5.69. The molecule has 0 aliphatic rings. The third-order valence-electron chi connectivity index (χ3n) is 3.52. The van der Waals surface area contributed by atoms with Crippen LogP contribution in [0.25, 0.3) is 0 Å². The van der Waals surface area contributed by atoms with Crippen molar-refractivity contribution in [3.63, 3.8) is 0 Å². The van der Waals surface area contributed by atoms with Gasteiger partial charge in [-0.3, -0.25) is 5.32 Å². The first-order valence-corrected chi connectivity index (χ1v) is 7.58. The van der Waals surface area contributed by atoms with Gasteiger partial charge in [-0.25, -0.2) is 0 Å². The number of hydrogen-bond donors (Lipinski definition) is 1. The molecular formula is C19H27NO. The Morgan fingerprint density at radius 3 is 1.95 bits per heavy atom. The van der Waals surface area contributed by atoms with Gasteiger partial charge < -0.3 is 4.42 Å². The quantitative estimate of drug-likeness (QED) is 0.853. The zero-order valence-electron chi connectivity index (χ0n) is 14.0. The second-order valence-electron chi connectivity index (χ2n) is 7.71. The van der Waals surface area contributed by atoms with E-state index in [-0.39, 0.29) is 17.0 Å². The summed E-state index contributed by atoms with van der Waals surface area (Å²) in [4.78, 5) is 0. The van der Waals surface area contributed by atoms with E-state index in [0.29, 0.717) is 0 Å². The average Bonchev–Trinajstić information content (AvgIpc) is 2.88. The summed E-state index contributed by atoms with van der Waals surface area (Å²) < 4.78 is 5.63. The molecule has 2 nitrogen and oxygen atoms in total. The minimum atomic E-state index is 0.0140. The maximum absolute atomic E-state index is 5.63. The molecule has 1 aromatic heterocycles. The summed E-state index contributed by atoms with van der Waals surface area (Å²) in [5.74, 6) is 0.952. The Morgan fingerprint density at radius 2 is 1.52 bits per heavy atom. The fourth-order valence-electron chi connectivity index (χ4n) is 2.38. The number of furan rings is 1. The van der Waals surface area contributed by atoms with Crippen LogP contribution < -0.4 is 5.32 Å². The Hall–Kier alpha value is -1.54. The van der Waals surface area contributed by atoms with Gasteiger partial charge in [0.2, 0.25) is 0 Å². The van der Waals surface area contributed by atoms with Gasteiger partial charge >= 0.3 is 0 Å². The Labute approximate surface area is 128 Å². The molecular weight excluding hydrogens is 258 g/mol. The predicted molar refractivity (Wildman–Crippen MR) is 88.6 cm³/mol. The van der Waals surface area contributed by atoms with Gasteiger partial charge in [-0.05, 0) is 49.4 Å². The molecule has 0 fully saturated rings. The van der Waals surface area contributed by atoms with Gasteiger partial charge in [0.15, 0.2) is 0 Å². The largest absolute Gasteiger partial charge is 0.467 e. The average molecular weight is 285 g/mol. The molecule has 1 N–H and O–H groups in total. The highest BCUT2D eigenvalue weighted by Gasteiger charge is 2.23. The van der Waals surface area contributed by atoms with E-state index < -0.39 is 0 Å². The lowest BCUT2D eigenvalue weighted by Crippen LogP contribution is -2.39. The third kappa shape index (κ3) is 4.21. The number of benzene rings is 1. The minimum Gasteiger partial charge on any atom is -0.467 e. The summed E-state index contributed by atoms with van der Waals surface area (Å²) in [6.45, 7) is 13.2. The van der Waals surface area contributed by atoms with E-state index in [4.69, 9.17) is 4.42 Å². The van der Waals surface area contributed by atoms with Gasteiger partial charge in [-0.1, -0.05) is 45.0 Å². The molecule has 1 aromatic carbocycles. The molecule has 2 aromatic rings. The van der Waals surface area contributed by atoms with Crippen LogP contribution >= 0.6 is 0 Å². The molecule has 0 aliphatic heterocycles. The van der Waals surface area contributed by atoms with Crippen molar-refractivity contribution in [2.24, 2.45) is 0 Å². The molecule has 0 saturated heterocycles. The molecule has 0 bridgehead atoms. The maximum Gasteiger partial charge on any atom is 0.125 e. The summed E-state index contributed by atoms with van der Waals surface area (Å²) in [5, 5.41) is 3.64. The molecule has 0 saturated carbocycles. The van der Waals surface area contributed by atoms with Crippen LogP contribution in [-0.4, -0.2) is 5.54 Å². The fourth-order valence-corrected chi connectivity index (χ4v) is 2.38. The van der Waals surface area contributed by atoms with Crippen molar-refractivity contribution < 1.29 is 4.42 Å². The predicted octanol–water partition coefficient (Wildman–Crippen LogP) is 5.05. The Morgan fingerprint density at radius 1 is 0.905 bits per heavy atom. The molecule has 1 heterocycles. The summed E-state index contributed by atoms with van der Waals surface area (Å²) in [5.41, 5.74) is 2.77. The summed E-state index contributed by atoms with van der Waals surface area (Å²) in [6, 6.07) is 12.9. The van der Waals surface area contributed by atoms with Crippen LogP contribution in [0.15, 0.2) is 47.1 Å². The molecule has 1 atom stereocenters. The molecule has 0 radical (unpaired) electrons. The van der Waals surface area contributed by atoms with Gasteiger partial charge in [0.05, 0.1) is 12.3 Å². The molecule has 21 heavy (non-hydrogen) atoms. The van der Waals surface area contributed by atoms with Crippen molar-refractivity contribution in [1.29, 1.82) is 0 Å². The van der Waals surface area contributed by atoms with Crippen LogP contribution in [0.4, 0.5) is 0 Å². The van der Waals surface area contributed by atoms with Crippen molar-refractivity contribution in [2.75, 3.05) is 0 Å². The van der Waals surface area contributed by atoms with Gasteiger partial charge in [0.25, 0.3) is 0 Å². The zero-order chi connectivity index (χ0) is 15.7. The molecule has 2 rings (SSSR count). The highest BCUT2D eigenvalue weighted by Crippen LogP contribution is 2.28. The van der Waals surface area contributed by atoms with Crippen LogP contribution in [0.5, 0.6) is 0 Å². The summed E-state index contributed by atoms with van der Waals surface area (Å²) in [6.07, 6.45) is 1.73. The van der Waals surface area contributed by atoms with Crippen LogP contribution in [0.3, 0.4) is 0 Å². The minimum absolute atomic E-state index is 0.0140. The molecule has 0 aliphatic carbocycles. The molecule has 0 amide bonds. The first-order chi connectivity index (χ1) is 9.67. The maximum atomic E-state index is 5.63. The summed E-state index contributed by atoms with van der Waals surface area (Å²) in [7, 11) is 0. The standard InChI is InChI=1S/C19H27NO/c1-18(2,3)15-11-9-14(10-12-15)17(20-19(4,5)6)16-8-7-13-21-16/h7-13,17,20H,1-6H3/t17-/m1/s1. The van der Waals surface area contributed by atoms with Gasteiger partial charge in [-0.15, -0.1) is 0 Å². The van der Waals surface area contributed by atoms with Crippen molar-refractivity contribution in [1.82, 2.24) is 5.32 Å². The lowest BCUT2D eigenvalue weighted by Gasteiger charge is -2.28. The second-order valence-corrected chi connectivity index (χ2v) is 7.71. The Balaban J connectivity index is 2.33. The van der Waals surface area contributed by atoms with E-state index in [9.17, 15) is 0 Å². The van der Waals surface area contributed by atoms with Crippen LogP contribution in [-0.2, 0) is 5.41 Å². The van der Waals surface area contributed by atoms with Crippen molar-refractivity contribution in [3.05, 3.63) is 59.5 Å². The van der Waals surface area contributed by atoms with Gasteiger partial charge in [-0.2, -0.15) is 0 Å². The van der Waals surface area contributed by atoms with Gasteiger partial charge in [0.1, 0.15) is 5.76 Å². The lowest BCUT2D eigenvalue weighted by atomic mass is 9.86. The molecule has 2 heteroatoms. The highest BCUT2D eigenvalue weighted by atomic mass is 16.3. The lowest BCUT2D eigenvalue weighted by molar-refractivity contribution is 0.352. The van der Waals surface area contributed by atoms with Gasteiger partial charge in [0, 0.05) is 5.54 Å². The third-order valence-corrected chi connectivity index (χ3v) is 3.52. The highest BCUT2D eigenvalue weighted by molar-refractivity contribution is 5.32. The normalized spacial score (nSPS) is 14.2. The van der Waals surface area contributed by atoms with E-state index in [2.05, 4.69) is 71.1 Å². The SMILES string of the molecule is CC(C)(C)N[C@H](c1ccc(C(C)(C)C)cc1)c1ccco1. The van der Waals surface area contributed by atoms with E-state index >= 15 is 0 Å². The zero-order valence-corrected chi connectivity index (χ0v) is 14.0.